The molecule has 3 heterocycles. The predicted molar refractivity (Wildman–Crippen MR) is 151 cm³/mol. The highest BCUT2D eigenvalue weighted by atomic mass is 32.1. The topological polar surface area (TPSA) is 117 Å². The van der Waals surface area contributed by atoms with E-state index < -0.39 is 12.0 Å². The number of thiocarbonyl (C=S) groups is 1. The fourth-order valence-electron chi connectivity index (χ4n) is 4.63. The molecule has 0 bridgehead atoms. The van der Waals surface area contributed by atoms with Crippen molar-refractivity contribution in [2.45, 2.75) is 25.4 Å². The number of methoxy groups -OCH3 is 1. The summed E-state index contributed by atoms with van der Waals surface area (Å²) in [5.41, 5.74) is 2.64. The molecule has 0 unspecified atom stereocenters. The van der Waals surface area contributed by atoms with E-state index in [9.17, 15) is 14.7 Å². The molecule has 5 rings (SSSR count). The second-order valence-corrected chi connectivity index (χ2v) is 9.22. The summed E-state index contributed by atoms with van der Waals surface area (Å²) in [5.74, 6) is 0.304. The van der Waals surface area contributed by atoms with Crippen LogP contribution in [-0.4, -0.2) is 34.2 Å². The van der Waals surface area contributed by atoms with Crippen molar-refractivity contribution < 1.29 is 23.8 Å². The smallest absolute Gasteiger partial charge is 0.336 e. The molecule has 10 heteroatoms. The highest BCUT2D eigenvalue weighted by molar-refractivity contribution is 7.80. The van der Waals surface area contributed by atoms with Crippen molar-refractivity contribution in [3.05, 3.63) is 96.0 Å². The number of rotatable bonds is 8. The number of aromatic carboxylic acids is 1. The number of carbonyl (C=O) groups excluding carboxylic acids is 1. The van der Waals surface area contributed by atoms with Crippen LogP contribution in [0.15, 0.2) is 83.4 Å². The molecule has 198 valence electrons. The predicted octanol–water partition coefficient (Wildman–Crippen LogP) is 5.57. The first-order chi connectivity index (χ1) is 18.9. The number of pyridine rings is 1. The van der Waals surface area contributed by atoms with Crippen molar-refractivity contribution in [2.24, 2.45) is 0 Å². The van der Waals surface area contributed by atoms with Crippen molar-refractivity contribution in [1.29, 1.82) is 0 Å². The van der Waals surface area contributed by atoms with Gasteiger partial charge in [-0.15, -0.1) is 0 Å². The van der Waals surface area contributed by atoms with E-state index in [-0.39, 0.29) is 17.5 Å². The maximum Gasteiger partial charge on any atom is 0.336 e. The zero-order chi connectivity index (χ0) is 27.5. The standard InChI is InChI=1S/C29H26N4O5S/c1-3-25(34)31-20-12-11-17(16-24(20)37-2)33-27(26(32-29(33)39)21-10-6-7-15-30-21)23-14-13-22(38-23)18-8-4-5-9-19(18)28(35)36/h4-16,26-27H,3H2,1-2H3,(H,31,34)(H,32,39)(H,35,36)/t26-,27+/m1/s1. The monoisotopic (exact) mass is 542 g/mol. The third-order valence-corrected chi connectivity index (χ3v) is 6.81. The molecular formula is C29H26N4O5S. The van der Waals surface area contributed by atoms with Crippen molar-refractivity contribution in [1.82, 2.24) is 10.3 Å². The van der Waals surface area contributed by atoms with Gasteiger partial charge in [-0.2, -0.15) is 0 Å². The van der Waals surface area contributed by atoms with Crippen molar-refractivity contribution in [3.8, 4) is 17.1 Å². The highest BCUT2D eigenvalue weighted by Crippen LogP contribution is 2.44. The van der Waals surface area contributed by atoms with Crippen LogP contribution in [0, 0.1) is 0 Å². The molecule has 1 aliphatic heterocycles. The molecule has 1 fully saturated rings. The Morgan fingerprint density at radius 3 is 2.64 bits per heavy atom. The summed E-state index contributed by atoms with van der Waals surface area (Å²) in [5, 5.41) is 16.3. The Morgan fingerprint density at radius 1 is 1.13 bits per heavy atom. The average Bonchev–Trinajstić information content (AvgIpc) is 3.58. The Balaban J connectivity index is 1.60. The number of hydrogen-bond acceptors (Lipinski definition) is 6. The van der Waals surface area contributed by atoms with E-state index in [0.717, 1.165) is 5.69 Å². The summed E-state index contributed by atoms with van der Waals surface area (Å²) in [7, 11) is 1.54. The van der Waals surface area contributed by atoms with E-state index in [1.807, 2.05) is 35.2 Å². The molecule has 1 aliphatic rings. The second-order valence-electron chi connectivity index (χ2n) is 8.84. The van der Waals surface area contributed by atoms with Crippen LogP contribution in [0.2, 0.25) is 0 Å². The maximum atomic E-state index is 12.0. The van der Waals surface area contributed by atoms with E-state index in [1.165, 1.54) is 7.11 Å². The molecule has 2 aromatic heterocycles. The maximum absolute atomic E-state index is 12.0. The van der Waals surface area contributed by atoms with Crippen LogP contribution in [0.3, 0.4) is 0 Å². The first kappa shape index (κ1) is 25.9. The number of nitrogens with zero attached hydrogens (tertiary/aromatic N) is 2. The van der Waals surface area contributed by atoms with E-state index in [0.29, 0.717) is 45.7 Å². The van der Waals surface area contributed by atoms with E-state index in [4.69, 9.17) is 21.4 Å². The lowest BCUT2D eigenvalue weighted by Crippen LogP contribution is -2.29. The minimum atomic E-state index is -1.04. The largest absolute Gasteiger partial charge is 0.494 e. The molecule has 3 N–H and O–H groups in total. The Kier molecular flexibility index (Phi) is 7.29. The number of ether oxygens (including phenoxy) is 1. The van der Waals surface area contributed by atoms with Crippen LogP contribution in [0.4, 0.5) is 11.4 Å². The van der Waals surface area contributed by atoms with Crippen LogP contribution < -0.4 is 20.3 Å². The van der Waals surface area contributed by atoms with Gasteiger partial charge < -0.3 is 29.8 Å². The molecule has 0 saturated carbocycles. The Morgan fingerprint density at radius 2 is 1.92 bits per heavy atom. The molecule has 9 nitrogen and oxygen atoms in total. The second kappa shape index (κ2) is 11.0. The third kappa shape index (κ3) is 5.06. The van der Waals surface area contributed by atoms with Crippen LogP contribution in [0.25, 0.3) is 11.3 Å². The van der Waals surface area contributed by atoms with Crippen LogP contribution in [0.1, 0.15) is 47.2 Å². The van der Waals surface area contributed by atoms with Gasteiger partial charge in [-0.3, -0.25) is 9.78 Å². The fourth-order valence-corrected chi connectivity index (χ4v) is 4.98. The van der Waals surface area contributed by atoms with Gasteiger partial charge in [0, 0.05) is 29.9 Å². The number of hydrogen-bond donors (Lipinski definition) is 3. The zero-order valence-corrected chi connectivity index (χ0v) is 22.1. The Bertz CT molecular complexity index is 1540. The van der Waals surface area contributed by atoms with Gasteiger partial charge >= 0.3 is 5.97 Å². The Labute approximate surface area is 230 Å². The first-order valence-electron chi connectivity index (χ1n) is 12.3. The van der Waals surface area contributed by atoms with E-state index in [1.54, 1.807) is 55.6 Å². The number of furan rings is 1. The molecule has 2 atom stereocenters. The van der Waals surface area contributed by atoms with Gasteiger partial charge in [-0.25, -0.2) is 4.79 Å². The average molecular weight is 543 g/mol. The van der Waals surface area contributed by atoms with Gasteiger partial charge in [0.1, 0.15) is 23.3 Å². The summed E-state index contributed by atoms with van der Waals surface area (Å²) in [4.78, 5) is 30.3. The lowest BCUT2D eigenvalue weighted by atomic mass is 10.0. The molecule has 0 aliphatic carbocycles. The van der Waals surface area contributed by atoms with E-state index >= 15 is 0 Å². The minimum Gasteiger partial charge on any atom is -0.494 e. The summed E-state index contributed by atoms with van der Waals surface area (Å²) >= 11 is 5.79. The van der Waals surface area contributed by atoms with Crippen molar-refractivity contribution in [2.75, 3.05) is 17.3 Å². The first-order valence-corrected chi connectivity index (χ1v) is 12.7. The molecule has 0 spiro atoms. The number of benzene rings is 2. The summed E-state index contributed by atoms with van der Waals surface area (Å²) in [6.45, 7) is 1.78. The lowest BCUT2D eigenvalue weighted by Gasteiger charge is -2.27. The Hall–Kier alpha value is -4.70. The van der Waals surface area contributed by atoms with Crippen LogP contribution in [0.5, 0.6) is 5.75 Å². The summed E-state index contributed by atoms with van der Waals surface area (Å²) in [6.07, 6.45) is 2.05. The van der Waals surface area contributed by atoms with Crippen molar-refractivity contribution >= 4 is 40.6 Å². The SMILES string of the molecule is CCC(=O)Nc1ccc(N2C(=S)N[C@H](c3ccccn3)[C@@H]2c2ccc(-c3ccccc3C(=O)O)o2)cc1OC. The fraction of sp³-hybridized carbons (Fsp3) is 0.172. The number of nitrogens with one attached hydrogen (secondary N) is 2. The number of aromatic nitrogens is 1. The van der Waals surface area contributed by atoms with Crippen LogP contribution >= 0.6 is 12.2 Å². The number of carbonyl (C=O) groups is 2. The van der Waals surface area contributed by atoms with Gasteiger partial charge in [0.15, 0.2) is 5.11 Å². The van der Waals surface area contributed by atoms with Gasteiger partial charge in [0.2, 0.25) is 5.91 Å². The molecule has 0 radical (unpaired) electrons. The van der Waals surface area contributed by atoms with Crippen molar-refractivity contribution in [3.63, 3.8) is 0 Å². The molecule has 1 saturated heterocycles. The van der Waals surface area contributed by atoms with Crippen LogP contribution in [-0.2, 0) is 4.79 Å². The highest BCUT2D eigenvalue weighted by Gasteiger charge is 2.43. The summed E-state index contributed by atoms with van der Waals surface area (Å²) < 4.78 is 11.9. The number of amides is 1. The van der Waals surface area contributed by atoms with Gasteiger partial charge in [0.05, 0.1) is 30.1 Å². The normalized spacial score (nSPS) is 16.6. The number of carboxylic acid groups (broad SMARTS) is 1. The summed E-state index contributed by atoms with van der Waals surface area (Å²) in [6, 6.07) is 20.5. The number of carboxylic acids is 1. The molecule has 4 aromatic rings. The quantitative estimate of drug-likeness (QED) is 0.246. The van der Waals surface area contributed by atoms with Gasteiger partial charge in [-0.1, -0.05) is 31.2 Å². The van der Waals surface area contributed by atoms with Gasteiger partial charge in [-0.05, 0) is 54.7 Å². The number of anilines is 2. The third-order valence-electron chi connectivity index (χ3n) is 6.50. The molecule has 2 aromatic carbocycles. The molecular weight excluding hydrogens is 516 g/mol. The zero-order valence-electron chi connectivity index (χ0n) is 21.3. The lowest BCUT2D eigenvalue weighted by molar-refractivity contribution is -0.115. The van der Waals surface area contributed by atoms with Gasteiger partial charge in [0.25, 0.3) is 0 Å². The molecule has 39 heavy (non-hydrogen) atoms. The minimum absolute atomic E-state index is 0.128. The van der Waals surface area contributed by atoms with E-state index in [2.05, 4.69) is 15.6 Å². The molecule has 1 amide bonds.